The number of esters is 1. The maximum atomic E-state index is 12.0. The molecule has 0 radical (unpaired) electrons. The molecule has 1 aromatic rings. The number of hydrogen-bond donors (Lipinski definition) is 0. The van der Waals surface area contributed by atoms with Crippen LogP contribution in [-0.2, 0) is 14.3 Å². The molecule has 1 unspecified atom stereocenters. The van der Waals surface area contributed by atoms with Gasteiger partial charge in [0.15, 0.2) is 0 Å². The first-order valence-electron chi connectivity index (χ1n) is 6.04. The zero-order chi connectivity index (χ0) is 15.6. The Balaban J connectivity index is 2.58. The fourth-order valence-corrected chi connectivity index (χ4v) is 2.32. The van der Waals surface area contributed by atoms with Crippen LogP contribution in [-0.4, -0.2) is 18.7 Å². The molecule has 1 aliphatic rings. The number of ether oxygens (including phenoxy) is 2. The van der Waals surface area contributed by atoms with Crippen molar-refractivity contribution < 1.29 is 14.3 Å². The van der Waals surface area contributed by atoms with Crippen LogP contribution in [0.2, 0.25) is 5.02 Å². The summed E-state index contributed by atoms with van der Waals surface area (Å²) in [6, 6.07) is 10.3. The van der Waals surface area contributed by atoms with Gasteiger partial charge >= 0.3 is 5.97 Å². The van der Waals surface area contributed by atoms with E-state index < -0.39 is 17.7 Å². The maximum Gasteiger partial charge on any atom is 0.336 e. The number of carbonyl (C=O) groups is 1. The second-order valence-corrected chi connectivity index (χ2v) is 4.92. The topological polar surface area (TPSA) is 83.1 Å². The normalized spacial score (nSPS) is 19.8. The lowest BCUT2D eigenvalue weighted by molar-refractivity contribution is -0.137. The largest absolute Gasteiger partial charge is 0.466 e. The Labute approximate surface area is 126 Å². The summed E-state index contributed by atoms with van der Waals surface area (Å²) in [5.41, 5.74) is -0.748. The third-order valence-corrected chi connectivity index (χ3v) is 3.63. The molecular formula is C15H11ClN2O3. The van der Waals surface area contributed by atoms with Crippen LogP contribution in [0.1, 0.15) is 18.6 Å². The van der Waals surface area contributed by atoms with Crippen molar-refractivity contribution in [2.45, 2.75) is 18.6 Å². The van der Waals surface area contributed by atoms with Gasteiger partial charge in [0.25, 0.3) is 5.60 Å². The Morgan fingerprint density at radius 1 is 1.33 bits per heavy atom. The quantitative estimate of drug-likeness (QED) is 0.784. The van der Waals surface area contributed by atoms with Crippen molar-refractivity contribution in [1.82, 2.24) is 0 Å². The van der Waals surface area contributed by atoms with E-state index in [-0.39, 0.29) is 11.1 Å². The van der Waals surface area contributed by atoms with Crippen LogP contribution in [0.15, 0.2) is 35.4 Å². The number of benzene rings is 1. The van der Waals surface area contributed by atoms with Crippen LogP contribution in [0, 0.1) is 22.7 Å². The van der Waals surface area contributed by atoms with Gasteiger partial charge in [-0.25, -0.2) is 4.79 Å². The lowest BCUT2D eigenvalue weighted by Gasteiger charge is -2.17. The van der Waals surface area contributed by atoms with Gasteiger partial charge in [-0.2, -0.15) is 10.5 Å². The Morgan fingerprint density at radius 2 is 1.90 bits per heavy atom. The minimum Gasteiger partial charge on any atom is -0.466 e. The molecule has 0 saturated heterocycles. The second kappa shape index (κ2) is 5.57. The van der Waals surface area contributed by atoms with Crippen LogP contribution >= 0.6 is 11.6 Å². The summed E-state index contributed by atoms with van der Waals surface area (Å²) in [7, 11) is 1.24. The van der Waals surface area contributed by atoms with E-state index in [1.807, 2.05) is 12.1 Å². The number of nitrogens with zero attached hydrogens (tertiary/aromatic N) is 2. The van der Waals surface area contributed by atoms with Crippen molar-refractivity contribution in [2.24, 2.45) is 0 Å². The molecule has 2 rings (SSSR count). The zero-order valence-electron chi connectivity index (χ0n) is 11.4. The number of nitriles is 2. The molecule has 0 N–H and O–H groups in total. The number of halogens is 1. The minimum absolute atomic E-state index is 0.169. The van der Waals surface area contributed by atoms with Gasteiger partial charge in [0.05, 0.1) is 12.7 Å². The van der Waals surface area contributed by atoms with Crippen molar-refractivity contribution in [3.8, 4) is 12.1 Å². The molecule has 1 aromatic carbocycles. The third-order valence-electron chi connectivity index (χ3n) is 3.38. The number of methoxy groups -OCH3 is 1. The van der Waals surface area contributed by atoms with Gasteiger partial charge in [0.1, 0.15) is 18.2 Å². The molecule has 1 atom stereocenters. The van der Waals surface area contributed by atoms with E-state index in [0.29, 0.717) is 10.6 Å². The zero-order valence-corrected chi connectivity index (χ0v) is 12.1. The summed E-state index contributed by atoms with van der Waals surface area (Å²) in [5.74, 6) is -0.625. The van der Waals surface area contributed by atoms with E-state index in [9.17, 15) is 15.3 Å². The lowest BCUT2D eigenvalue weighted by Crippen LogP contribution is -2.26. The van der Waals surface area contributed by atoms with Crippen molar-refractivity contribution in [2.75, 3.05) is 7.11 Å². The smallest absolute Gasteiger partial charge is 0.336 e. The Hall–Kier alpha value is -2.34. The summed E-state index contributed by atoms with van der Waals surface area (Å²) in [6.45, 7) is 1.52. The van der Waals surface area contributed by atoms with Crippen LogP contribution in [0.25, 0.3) is 0 Å². The predicted molar refractivity (Wildman–Crippen MR) is 74.0 cm³/mol. The molecule has 0 bridgehead atoms. The van der Waals surface area contributed by atoms with Crippen molar-refractivity contribution in [1.29, 1.82) is 10.5 Å². The van der Waals surface area contributed by atoms with E-state index in [2.05, 4.69) is 0 Å². The lowest BCUT2D eigenvalue weighted by atomic mass is 9.93. The highest BCUT2D eigenvalue weighted by atomic mass is 35.5. The van der Waals surface area contributed by atoms with E-state index >= 15 is 0 Å². The second-order valence-electron chi connectivity index (χ2n) is 4.48. The van der Waals surface area contributed by atoms with Crippen molar-refractivity contribution in [3.63, 3.8) is 0 Å². The van der Waals surface area contributed by atoms with E-state index in [1.54, 1.807) is 24.3 Å². The van der Waals surface area contributed by atoms with Crippen molar-refractivity contribution >= 4 is 17.6 Å². The first kappa shape index (κ1) is 15.1. The molecule has 0 saturated carbocycles. The highest BCUT2D eigenvalue weighted by Crippen LogP contribution is 2.44. The molecule has 5 nitrogen and oxygen atoms in total. The summed E-state index contributed by atoms with van der Waals surface area (Å²) in [4.78, 5) is 12.0. The average Bonchev–Trinajstić information content (AvgIpc) is 2.80. The fraction of sp³-hybridized carbons (Fsp3) is 0.267. The molecular weight excluding hydrogens is 292 g/mol. The summed E-state index contributed by atoms with van der Waals surface area (Å²) < 4.78 is 10.3. The summed E-state index contributed by atoms with van der Waals surface area (Å²) in [5, 5.41) is 19.1. The van der Waals surface area contributed by atoms with Gasteiger partial charge in [-0.3, -0.25) is 0 Å². The highest BCUT2D eigenvalue weighted by molar-refractivity contribution is 6.30. The first-order valence-corrected chi connectivity index (χ1v) is 6.42. The molecule has 106 valence electrons. The number of hydrogen-bond acceptors (Lipinski definition) is 5. The van der Waals surface area contributed by atoms with E-state index in [4.69, 9.17) is 21.1 Å². The summed E-state index contributed by atoms with van der Waals surface area (Å²) >= 11 is 5.83. The minimum atomic E-state index is -1.78. The molecule has 0 amide bonds. The Kier molecular flexibility index (Phi) is 3.99. The van der Waals surface area contributed by atoms with Crippen LogP contribution in [0.4, 0.5) is 0 Å². The number of carbonyl (C=O) groups excluding carboxylic acids is 1. The third kappa shape index (κ3) is 2.38. The first-order chi connectivity index (χ1) is 9.99. The SMILES string of the molecule is COC(=O)C1=C(C)C(C#N)(C#N)OC1c1ccc(Cl)cc1. The molecule has 0 fully saturated rings. The van der Waals surface area contributed by atoms with Gasteiger partial charge in [-0.05, 0) is 24.6 Å². The summed E-state index contributed by atoms with van der Waals surface area (Å²) in [6.07, 6.45) is -0.839. The molecule has 21 heavy (non-hydrogen) atoms. The van der Waals surface area contributed by atoms with Crippen LogP contribution < -0.4 is 0 Å². The Bertz CT molecular complexity index is 681. The molecule has 0 spiro atoms. The predicted octanol–water partition coefficient (Wildman–Crippen LogP) is 2.69. The Morgan fingerprint density at radius 3 is 2.38 bits per heavy atom. The molecule has 1 aliphatic heterocycles. The average molecular weight is 303 g/mol. The van der Waals surface area contributed by atoms with Gasteiger partial charge < -0.3 is 9.47 Å². The van der Waals surface area contributed by atoms with Gasteiger partial charge in [-0.1, -0.05) is 23.7 Å². The molecule has 0 aliphatic carbocycles. The van der Waals surface area contributed by atoms with E-state index in [0.717, 1.165) is 0 Å². The van der Waals surface area contributed by atoms with E-state index in [1.165, 1.54) is 14.0 Å². The van der Waals surface area contributed by atoms with Gasteiger partial charge in [-0.15, -0.1) is 0 Å². The number of rotatable bonds is 2. The van der Waals surface area contributed by atoms with Crippen molar-refractivity contribution in [3.05, 3.63) is 46.0 Å². The maximum absolute atomic E-state index is 12.0. The molecule has 6 heteroatoms. The van der Waals surface area contributed by atoms with Crippen LogP contribution in [0.5, 0.6) is 0 Å². The van der Waals surface area contributed by atoms with Gasteiger partial charge in [0, 0.05) is 10.6 Å². The van der Waals surface area contributed by atoms with Crippen LogP contribution in [0.3, 0.4) is 0 Å². The van der Waals surface area contributed by atoms with Gasteiger partial charge in [0.2, 0.25) is 0 Å². The highest BCUT2D eigenvalue weighted by Gasteiger charge is 2.49. The fourth-order valence-electron chi connectivity index (χ4n) is 2.20. The molecule has 0 aromatic heterocycles. The molecule has 1 heterocycles. The standard InChI is InChI=1S/C15H11ClN2O3/c1-9-12(14(19)20-2)13(21-15(9,7-17)8-18)10-3-5-11(16)6-4-10/h3-6,13H,1-2H3. The monoisotopic (exact) mass is 302 g/mol.